The highest BCUT2D eigenvalue weighted by Crippen LogP contribution is 2.45. The van der Waals surface area contributed by atoms with Gasteiger partial charge in [-0.2, -0.15) is 0 Å². The highest BCUT2D eigenvalue weighted by atomic mass is 16.5. The fraction of sp³-hybridized carbons (Fsp3) is 0.529. The Kier molecular flexibility index (Phi) is 4.44. The van der Waals surface area contributed by atoms with Gasteiger partial charge < -0.3 is 15.2 Å². The van der Waals surface area contributed by atoms with Crippen LogP contribution in [0.15, 0.2) is 24.3 Å². The third kappa shape index (κ3) is 3.78. The Balaban J connectivity index is 1.88. The predicted octanol–water partition coefficient (Wildman–Crippen LogP) is 2.34. The van der Waals surface area contributed by atoms with Crippen molar-refractivity contribution in [1.29, 1.82) is 0 Å². The van der Waals surface area contributed by atoms with Crippen molar-refractivity contribution in [2.45, 2.75) is 39.0 Å². The minimum Gasteiger partial charge on any atom is -0.483 e. The number of amides is 1. The van der Waals surface area contributed by atoms with E-state index in [1.165, 1.54) is 0 Å². The molecule has 0 aliphatic heterocycles. The van der Waals surface area contributed by atoms with Gasteiger partial charge in [0.2, 0.25) is 0 Å². The number of nitrogens with one attached hydrogen (secondary N) is 1. The summed E-state index contributed by atoms with van der Waals surface area (Å²) in [5.74, 6) is -0.451. The SMILES string of the molecule is CC(C)(C)c1ccccc1OCC(=O)NCC1(C(=O)O)CC1. The summed E-state index contributed by atoms with van der Waals surface area (Å²) in [5.41, 5.74) is 0.208. The molecule has 5 heteroatoms. The van der Waals surface area contributed by atoms with Crippen molar-refractivity contribution in [3.63, 3.8) is 0 Å². The van der Waals surface area contributed by atoms with E-state index in [1.54, 1.807) is 0 Å². The molecule has 1 aromatic carbocycles. The van der Waals surface area contributed by atoms with Crippen LogP contribution in [0.1, 0.15) is 39.2 Å². The fourth-order valence-electron chi connectivity index (χ4n) is 2.29. The molecule has 2 N–H and O–H groups in total. The molecule has 0 radical (unpaired) electrons. The maximum Gasteiger partial charge on any atom is 0.311 e. The van der Waals surface area contributed by atoms with Gasteiger partial charge in [0, 0.05) is 6.54 Å². The molecule has 1 aromatic rings. The number of carbonyl (C=O) groups excluding carboxylic acids is 1. The zero-order chi connectivity index (χ0) is 16.4. The Bertz CT molecular complexity index is 570. The molecule has 1 saturated carbocycles. The maximum atomic E-state index is 11.8. The van der Waals surface area contributed by atoms with Gasteiger partial charge in [-0.05, 0) is 29.9 Å². The van der Waals surface area contributed by atoms with Gasteiger partial charge in [0.1, 0.15) is 5.75 Å². The molecular formula is C17H23NO4. The van der Waals surface area contributed by atoms with E-state index >= 15 is 0 Å². The lowest BCUT2D eigenvalue weighted by atomic mass is 9.86. The zero-order valence-corrected chi connectivity index (χ0v) is 13.3. The second-order valence-corrected chi connectivity index (χ2v) is 6.90. The summed E-state index contributed by atoms with van der Waals surface area (Å²) in [5, 5.41) is 11.7. The molecule has 0 aromatic heterocycles. The Morgan fingerprint density at radius 3 is 2.45 bits per heavy atom. The van der Waals surface area contributed by atoms with Gasteiger partial charge in [-0.3, -0.25) is 9.59 Å². The molecule has 0 saturated heterocycles. The number of carbonyl (C=O) groups is 2. The minimum absolute atomic E-state index is 0.0750. The number of aliphatic carboxylic acids is 1. The van der Waals surface area contributed by atoms with Crippen LogP contribution in [-0.2, 0) is 15.0 Å². The molecule has 1 amide bonds. The lowest BCUT2D eigenvalue weighted by Gasteiger charge is -2.22. The van der Waals surface area contributed by atoms with Crippen molar-refractivity contribution in [1.82, 2.24) is 5.32 Å². The molecule has 1 aliphatic carbocycles. The van der Waals surface area contributed by atoms with E-state index in [4.69, 9.17) is 9.84 Å². The van der Waals surface area contributed by atoms with Gasteiger partial charge in [-0.1, -0.05) is 39.0 Å². The number of carboxylic acid groups (broad SMARTS) is 1. The van der Waals surface area contributed by atoms with E-state index in [0.717, 1.165) is 5.56 Å². The van der Waals surface area contributed by atoms with Crippen LogP contribution in [0.2, 0.25) is 0 Å². The molecule has 120 valence electrons. The Morgan fingerprint density at radius 2 is 1.91 bits per heavy atom. The lowest BCUT2D eigenvalue weighted by molar-refractivity contribution is -0.143. The predicted molar refractivity (Wildman–Crippen MR) is 82.9 cm³/mol. The smallest absolute Gasteiger partial charge is 0.311 e. The van der Waals surface area contributed by atoms with Crippen molar-refractivity contribution in [2.75, 3.05) is 13.2 Å². The van der Waals surface area contributed by atoms with E-state index in [0.29, 0.717) is 18.6 Å². The molecule has 1 aliphatic rings. The van der Waals surface area contributed by atoms with Gasteiger partial charge in [-0.25, -0.2) is 0 Å². The molecule has 5 nitrogen and oxygen atoms in total. The van der Waals surface area contributed by atoms with Crippen LogP contribution in [0.4, 0.5) is 0 Å². The quantitative estimate of drug-likeness (QED) is 0.846. The molecule has 0 heterocycles. The first-order valence-electron chi connectivity index (χ1n) is 7.47. The normalized spacial score (nSPS) is 16.0. The standard InChI is InChI=1S/C17H23NO4/c1-16(2,3)12-6-4-5-7-13(12)22-10-14(19)18-11-17(8-9-17)15(20)21/h4-7H,8-11H2,1-3H3,(H,18,19)(H,20,21). The fourth-order valence-corrected chi connectivity index (χ4v) is 2.29. The number of para-hydroxylation sites is 1. The van der Waals surface area contributed by atoms with Crippen LogP contribution in [0, 0.1) is 5.41 Å². The van der Waals surface area contributed by atoms with Gasteiger partial charge in [0.25, 0.3) is 5.91 Å². The molecule has 0 unspecified atom stereocenters. The second kappa shape index (κ2) is 5.99. The number of benzene rings is 1. The van der Waals surface area contributed by atoms with Crippen molar-refractivity contribution < 1.29 is 19.4 Å². The summed E-state index contributed by atoms with van der Waals surface area (Å²) in [7, 11) is 0. The van der Waals surface area contributed by atoms with Gasteiger partial charge in [0.15, 0.2) is 6.61 Å². The van der Waals surface area contributed by atoms with Gasteiger partial charge >= 0.3 is 5.97 Å². The number of hydrogen-bond acceptors (Lipinski definition) is 3. The zero-order valence-electron chi connectivity index (χ0n) is 13.3. The summed E-state index contributed by atoms with van der Waals surface area (Å²) < 4.78 is 5.61. The van der Waals surface area contributed by atoms with Crippen LogP contribution in [0.5, 0.6) is 5.75 Å². The van der Waals surface area contributed by atoms with Crippen LogP contribution in [0.3, 0.4) is 0 Å². The van der Waals surface area contributed by atoms with Crippen LogP contribution >= 0.6 is 0 Å². The van der Waals surface area contributed by atoms with Gasteiger partial charge in [0.05, 0.1) is 5.41 Å². The van der Waals surface area contributed by atoms with E-state index in [-0.39, 0.29) is 24.5 Å². The third-order valence-electron chi connectivity index (χ3n) is 3.99. The summed E-state index contributed by atoms with van der Waals surface area (Å²) >= 11 is 0. The average Bonchev–Trinajstić information content (AvgIpc) is 3.23. The highest BCUT2D eigenvalue weighted by molar-refractivity contribution is 5.81. The first-order chi connectivity index (χ1) is 10.2. The van der Waals surface area contributed by atoms with E-state index in [9.17, 15) is 9.59 Å². The molecule has 0 atom stereocenters. The molecule has 22 heavy (non-hydrogen) atoms. The summed E-state index contributed by atoms with van der Waals surface area (Å²) in [6.07, 6.45) is 1.24. The van der Waals surface area contributed by atoms with Crippen molar-refractivity contribution in [2.24, 2.45) is 5.41 Å². The third-order valence-corrected chi connectivity index (χ3v) is 3.99. The Hall–Kier alpha value is -2.04. The first kappa shape index (κ1) is 16.3. The number of carboxylic acids is 1. The van der Waals surface area contributed by atoms with Crippen LogP contribution in [-0.4, -0.2) is 30.1 Å². The second-order valence-electron chi connectivity index (χ2n) is 6.90. The average molecular weight is 305 g/mol. The molecular weight excluding hydrogens is 282 g/mol. The van der Waals surface area contributed by atoms with E-state index in [1.807, 2.05) is 24.3 Å². The first-order valence-corrected chi connectivity index (χ1v) is 7.47. The number of rotatable bonds is 6. The minimum atomic E-state index is -0.841. The van der Waals surface area contributed by atoms with Crippen molar-refractivity contribution in [3.8, 4) is 5.75 Å². The van der Waals surface area contributed by atoms with Crippen LogP contribution < -0.4 is 10.1 Å². The highest BCUT2D eigenvalue weighted by Gasteiger charge is 2.50. The van der Waals surface area contributed by atoms with Crippen LogP contribution in [0.25, 0.3) is 0 Å². The Morgan fingerprint density at radius 1 is 1.27 bits per heavy atom. The monoisotopic (exact) mass is 305 g/mol. The number of hydrogen-bond donors (Lipinski definition) is 2. The van der Waals surface area contributed by atoms with Crippen molar-refractivity contribution >= 4 is 11.9 Å². The molecule has 0 bridgehead atoms. The van der Waals surface area contributed by atoms with E-state index < -0.39 is 11.4 Å². The summed E-state index contributed by atoms with van der Waals surface area (Å²) in [6, 6.07) is 7.63. The summed E-state index contributed by atoms with van der Waals surface area (Å²) in [4.78, 5) is 22.9. The molecule has 2 rings (SSSR count). The van der Waals surface area contributed by atoms with E-state index in [2.05, 4.69) is 26.1 Å². The maximum absolute atomic E-state index is 11.8. The number of ether oxygens (including phenoxy) is 1. The lowest BCUT2D eigenvalue weighted by Crippen LogP contribution is -2.36. The topological polar surface area (TPSA) is 75.6 Å². The van der Waals surface area contributed by atoms with Gasteiger partial charge in [-0.15, -0.1) is 0 Å². The summed E-state index contributed by atoms with van der Waals surface area (Å²) in [6.45, 7) is 6.31. The molecule has 0 spiro atoms. The largest absolute Gasteiger partial charge is 0.483 e. The Labute approximate surface area is 130 Å². The van der Waals surface area contributed by atoms with Crippen molar-refractivity contribution in [3.05, 3.63) is 29.8 Å². The molecule has 1 fully saturated rings.